The van der Waals surface area contributed by atoms with E-state index in [0.717, 1.165) is 5.56 Å². The molecule has 1 radical (unpaired) electrons. The van der Waals surface area contributed by atoms with Crippen LogP contribution in [0.25, 0.3) is 0 Å². The average molecular weight is 211 g/mol. The molecule has 0 aliphatic rings. The Kier molecular flexibility index (Phi) is 3.69. The van der Waals surface area contributed by atoms with Crippen LogP contribution in [0.2, 0.25) is 0 Å². The Morgan fingerprint density at radius 2 is 1.86 bits per heavy atom. The Bertz CT molecular complexity index is 368. The van der Waals surface area contributed by atoms with Crippen LogP contribution in [0, 0.1) is 6.92 Å². The molecule has 3 heteroatoms. The van der Waals surface area contributed by atoms with E-state index in [1.165, 1.54) is 6.26 Å². The van der Waals surface area contributed by atoms with Gasteiger partial charge >= 0.3 is 0 Å². The van der Waals surface area contributed by atoms with Crippen LogP contribution < -0.4 is 0 Å². The van der Waals surface area contributed by atoms with Gasteiger partial charge in [0.1, 0.15) is 0 Å². The summed E-state index contributed by atoms with van der Waals surface area (Å²) in [5.74, 6) is 0. The summed E-state index contributed by atoms with van der Waals surface area (Å²) >= 11 is 0. The van der Waals surface area contributed by atoms with Crippen LogP contribution in [0.1, 0.15) is 23.7 Å². The Hall–Kier alpha value is -0.830. The zero-order valence-electron chi connectivity index (χ0n) is 8.31. The number of hydrogen-bond donors (Lipinski definition) is 0. The summed E-state index contributed by atoms with van der Waals surface area (Å²) in [4.78, 5) is 0. The van der Waals surface area contributed by atoms with E-state index in [2.05, 4.69) is 6.92 Å². The SMILES string of the molecule is [CH2]CCC(c1ccccc1)S(C)(=O)=O. The van der Waals surface area contributed by atoms with Crippen LogP contribution in [0.5, 0.6) is 0 Å². The maximum atomic E-state index is 11.5. The number of hydrogen-bond acceptors (Lipinski definition) is 2. The van der Waals surface area contributed by atoms with Crippen LogP contribution in [0.4, 0.5) is 0 Å². The molecule has 0 heterocycles. The molecule has 0 bridgehead atoms. The van der Waals surface area contributed by atoms with Crippen molar-refractivity contribution in [2.45, 2.75) is 18.1 Å². The van der Waals surface area contributed by atoms with E-state index in [0.29, 0.717) is 12.8 Å². The van der Waals surface area contributed by atoms with Crippen LogP contribution in [-0.2, 0) is 9.84 Å². The summed E-state index contributed by atoms with van der Waals surface area (Å²) in [6, 6.07) is 9.29. The Labute approximate surface area is 85.9 Å². The lowest BCUT2D eigenvalue weighted by atomic mass is 10.1. The van der Waals surface area contributed by atoms with E-state index in [1.807, 2.05) is 30.3 Å². The van der Waals surface area contributed by atoms with Crippen LogP contribution in [0.3, 0.4) is 0 Å². The second kappa shape index (κ2) is 4.60. The van der Waals surface area contributed by atoms with Gasteiger partial charge in [0.15, 0.2) is 9.84 Å². The molecule has 0 N–H and O–H groups in total. The predicted octanol–water partition coefficient (Wildman–Crippen LogP) is 2.39. The largest absolute Gasteiger partial charge is 0.228 e. The molecule has 1 aromatic carbocycles. The van der Waals surface area contributed by atoms with Crippen LogP contribution >= 0.6 is 0 Å². The topological polar surface area (TPSA) is 34.1 Å². The zero-order valence-corrected chi connectivity index (χ0v) is 9.13. The van der Waals surface area contributed by atoms with Crippen molar-refractivity contribution in [1.29, 1.82) is 0 Å². The van der Waals surface area contributed by atoms with Gasteiger partial charge in [0.05, 0.1) is 5.25 Å². The van der Waals surface area contributed by atoms with Crippen molar-refractivity contribution in [1.82, 2.24) is 0 Å². The first-order valence-electron chi connectivity index (χ1n) is 4.58. The van der Waals surface area contributed by atoms with Gasteiger partial charge in [0.2, 0.25) is 0 Å². The third-order valence-electron chi connectivity index (χ3n) is 2.15. The Morgan fingerprint density at radius 3 is 2.29 bits per heavy atom. The van der Waals surface area contributed by atoms with Gasteiger partial charge in [0, 0.05) is 6.26 Å². The van der Waals surface area contributed by atoms with Crippen LogP contribution in [-0.4, -0.2) is 14.7 Å². The van der Waals surface area contributed by atoms with E-state index in [4.69, 9.17) is 0 Å². The minimum atomic E-state index is -3.02. The second-order valence-electron chi connectivity index (χ2n) is 3.37. The van der Waals surface area contributed by atoms with Gasteiger partial charge in [-0.25, -0.2) is 8.42 Å². The highest BCUT2D eigenvalue weighted by Gasteiger charge is 2.20. The number of benzene rings is 1. The lowest BCUT2D eigenvalue weighted by Gasteiger charge is -2.13. The molecule has 1 rings (SSSR count). The first kappa shape index (κ1) is 11.2. The third-order valence-corrected chi connectivity index (χ3v) is 3.70. The predicted molar refractivity (Wildman–Crippen MR) is 58.6 cm³/mol. The molecule has 0 fully saturated rings. The first-order valence-corrected chi connectivity index (χ1v) is 6.54. The summed E-state index contributed by atoms with van der Waals surface area (Å²) in [5, 5.41) is -0.402. The third kappa shape index (κ3) is 2.84. The van der Waals surface area contributed by atoms with E-state index < -0.39 is 15.1 Å². The Balaban J connectivity index is 3.02. The van der Waals surface area contributed by atoms with E-state index in [1.54, 1.807) is 0 Å². The van der Waals surface area contributed by atoms with Gasteiger partial charge in [-0.3, -0.25) is 0 Å². The van der Waals surface area contributed by atoms with Crippen molar-refractivity contribution < 1.29 is 8.42 Å². The molecule has 1 unspecified atom stereocenters. The molecule has 0 saturated carbocycles. The minimum Gasteiger partial charge on any atom is -0.228 e. The van der Waals surface area contributed by atoms with Crippen molar-refractivity contribution >= 4 is 9.84 Å². The summed E-state index contributed by atoms with van der Waals surface area (Å²) in [7, 11) is -3.02. The molecule has 1 atom stereocenters. The average Bonchev–Trinajstić information content (AvgIpc) is 2.14. The highest BCUT2D eigenvalue weighted by Crippen LogP contribution is 2.25. The first-order chi connectivity index (χ1) is 6.55. The maximum absolute atomic E-state index is 11.5. The van der Waals surface area contributed by atoms with Crippen molar-refractivity contribution in [3.8, 4) is 0 Å². The van der Waals surface area contributed by atoms with E-state index >= 15 is 0 Å². The van der Waals surface area contributed by atoms with Crippen molar-refractivity contribution in [2.75, 3.05) is 6.26 Å². The van der Waals surface area contributed by atoms with Gasteiger partial charge < -0.3 is 0 Å². The maximum Gasteiger partial charge on any atom is 0.154 e. The number of rotatable bonds is 4. The molecule has 0 aliphatic heterocycles. The fourth-order valence-corrected chi connectivity index (χ4v) is 2.73. The Morgan fingerprint density at radius 1 is 1.29 bits per heavy atom. The quantitative estimate of drug-likeness (QED) is 0.766. The molecule has 2 nitrogen and oxygen atoms in total. The summed E-state index contributed by atoms with van der Waals surface area (Å²) < 4.78 is 23.0. The van der Waals surface area contributed by atoms with Gasteiger partial charge in [-0.2, -0.15) is 0 Å². The summed E-state index contributed by atoms with van der Waals surface area (Å²) in [6.07, 6.45) is 2.50. The molecular weight excluding hydrogens is 196 g/mol. The molecule has 0 spiro atoms. The lowest BCUT2D eigenvalue weighted by molar-refractivity contribution is 0.582. The summed E-state index contributed by atoms with van der Waals surface area (Å²) in [6.45, 7) is 3.70. The zero-order chi connectivity index (χ0) is 10.6. The van der Waals surface area contributed by atoms with Crippen molar-refractivity contribution in [3.05, 3.63) is 42.8 Å². The molecule has 77 valence electrons. The highest BCUT2D eigenvalue weighted by atomic mass is 32.2. The summed E-state index contributed by atoms with van der Waals surface area (Å²) in [5.41, 5.74) is 0.860. The van der Waals surface area contributed by atoms with Crippen molar-refractivity contribution in [3.63, 3.8) is 0 Å². The molecule has 0 aromatic heterocycles. The highest BCUT2D eigenvalue weighted by molar-refractivity contribution is 7.90. The van der Waals surface area contributed by atoms with E-state index in [9.17, 15) is 8.42 Å². The van der Waals surface area contributed by atoms with Gasteiger partial charge in [-0.05, 0) is 12.0 Å². The smallest absolute Gasteiger partial charge is 0.154 e. The fourth-order valence-electron chi connectivity index (χ4n) is 1.48. The monoisotopic (exact) mass is 211 g/mol. The fraction of sp³-hybridized carbons (Fsp3) is 0.364. The molecule has 0 saturated heterocycles. The molecule has 1 aromatic rings. The lowest BCUT2D eigenvalue weighted by Crippen LogP contribution is -2.11. The normalized spacial score (nSPS) is 13.9. The number of sulfone groups is 1. The second-order valence-corrected chi connectivity index (χ2v) is 5.60. The van der Waals surface area contributed by atoms with Crippen LogP contribution in [0.15, 0.2) is 30.3 Å². The standard InChI is InChI=1S/C11H15O2S/c1-3-7-11(14(2,12)13)10-8-5-4-6-9-10/h4-6,8-9,11H,1,3,7H2,2H3. The van der Waals surface area contributed by atoms with Gasteiger partial charge in [-0.15, -0.1) is 0 Å². The molecule has 0 amide bonds. The van der Waals surface area contributed by atoms with Crippen molar-refractivity contribution in [2.24, 2.45) is 0 Å². The van der Waals surface area contributed by atoms with Gasteiger partial charge in [0.25, 0.3) is 0 Å². The molecular formula is C11H15O2S. The molecule has 0 aliphatic carbocycles. The van der Waals surface area contributed by atoms with E-state index in [-0.39, 0.29) is 0 Å². The molecule has 14 heavy (non-hydrogen) atoms. The van der Waals surface area contributed by atoms with Gasteiger partial charge in [-0.1, -0.05) is 43.7 Å². The minimum absolute atomic E-state index is 0.402.